The molecule has 1 aromatic heterocycles. The summed E-state index contributed by atoms with van der Waals surface area (Å²) >= 11 is 5.89. The highest BCUT2D eigenvalue weighted by Crippen LogP contribution is 2.36. The fraction of sp³-hybridized carbons (Fsp3) is 0.400. The molecule has 0 unspecified atom stereocenters. The van der Waals surface area contributed by atoms with Crippen LogP contribution in [-0.4, -0.2) is 5.60 Å². The summed E-state index contributed by atoms with van der Waals surface area (Å²) < 4.78 is 11.2. The van der Waals surface area contributed by atoms with Crippen molar-refractivity contribution < 1.29 is 9.15 Å². The molecule has 4 heteroatoms. The van der Waals surface area contributed by atoms with Crippen molar-refractivity contribution >= 4 is 22.6 Å². The molecule has 2 heterocycles. The number of benzene rings is 1. The van der Waals surface area contributed by atoms with Crippen LogP contribution < -0.4 is 10.4 Å². The standard InChI is InChI=1S/C15H15ClO3/c1-15(2)4-3-9-5-11-10(8-16)6-14(17)18-13(11)7-12(9)19-15/h5-7H,3-4,8H2,1-2H3. The first-order chi connectivity index (χ1) is 8.98. The van der Waals surface area contributed by atoms with Gasteiger partial charge in [-0.2, -0.15) is 0 Å². The van der Waals surface area contributed by atoms with Crippen LogP contribution in [0.2, 0.25) is 0 Å². The molecule has 0 N–H and O–H groups in total. The Morgan fingerprint density at radius 2 is 2.11 bits per heavy atom. The molecule has 0 saturated heterocycles. The fourth-order valence-electron chi connectivity index (χ4n) is 2.48. The summed E-state index contributed by atoms with van der Waals surface area (Å²) in [5.41, 5.74) is 1.94. The predicted molar refractivity (Wildman–Crippen MR) is 75.1 cm³/mol. The zero-order chi connectivity index (χ0) is 13.6. The third-order valence-electron chi connectivity index (χ3n) is 3.54. The van der Waals surface area contributed by atoms with E-state index in [2.05, 4.69) is 13.8 Å². The van der Waals surface area contributed by atoms with Gasteiger partial charge < -0.3 is 9.15 Å². The number of fused-ring (bicyclic) bond motifs is 2. The molecule has 19 heavy (non-hydrogen) atoms. The van der Waals surface area contributed by atoms with Crippen LogP contribution in [0.3, 0.4) is 0 Å². The predicted octanol–water partition coefficient (Wildman–Crippen LogP) is 3.64. The van der Waals surface area contributed by atoms with Crippen LogP contribution in [0.1, 0.15) is 31.4 Å². The van der Waals surface area contributed by atoms with E-state index in [0.717, 1.165) is 35.1 Å². The minimum Gasteiger partial charge on any atom is -0.487 e. The maximum Gasteiger partial charge on any atom is 0.336 e. The van der Waals surface area contributed by atoms with Gasteiger partial charge in [0.05, 0.1) is 0 Å². The Morgan fingerprint density at radius 1 is 1.32 bits per heavy atom. The van der Waals surface area contributed by atoms with Gasteiger partial charge in [0, 0.05) is 23.4 Å². The molecule has 0 spiro atoms. The second-order valence-corrected chi connectivity index (χ2v) is 5.81. The lowest BCUT2D eigenvalue weighted by Crippen LogP contribution is -2.32. The number of hydrogen-bond donors (Lipinski definition) is 0. The Morgan fingerprint density at radius 3 is 2.84 bits per heavy atom. The molecule has 3 rings (SSSR count). The Hall–Kier alpha value is -1.48. The van der Waals surface area contributed by atoms with E-state index in [-0.39, 0.29) is 11.2 Å². The van der Waals surface area contributed by atoms with Crippen LogP contribution in [0.25, 0.3) is 11.0 Å². The quantitative estimate of drug-likeness (QED) is 0.591. The fourth-order valence-corrected chi connectivity index (χ4v) is 2.71. The van der Waals surface area contributed by atoms with Crippen molar-refractivity contribution in [2.45, 2.75) is 38.2 Å². The average molecular weight is 279 g/mol. The first-order valence-corrected chi connectivity index (χ1v) is 6.87. The Labute approximate surface area is 116 Å². The van der Waals surface area contributed by atoms with Gasteiger partial charge in [0.2, 0.25) is 0 Å². The first kappa shape index (κ1) is 12.5. The van der Waals surface area contributed by atoms with Gasteiger partial charge in [0.25, 0.3) is 0 Å². The number of aryl methyl sites for hydroxylation is 1. The number of halogens is 1. The summed E-state index contributed by atoms with van der Waals surface area (Å²) in [6.07, 6.45) is 1.93. The van der Waals surface area contributed by atoms with Crippen LogP contribution in [0.4, 0.5) is 0 Å². The minimum atomic E-state index is -0.377. The maximum atomic E-state index is 11.5. The van der Waals surface area contributed by atoms with Crippen molar-refractivity contribution in [3.63, 3.8) is 0 Å². The summed E-state index contributed by atoms with van der Waals surface area (Å²) in [4.78, 5) is 11.5. The van der Waals surface area contributed by atoms with E-state index in [9.17, 15) is 4.79 Å². The molecule has 0 atom stereocenters. The van der Waals surface area contributed by atoms with E-state index in [0.29, 0.717) is 11.5 Å². The van der Waals surface area contributed by atoms with Crippen LogP contribution in [-0.2, 0) is 12.3 Å². The highest BCUT2D eigenvalue weighted by Gasteiger charge is 2.27. The molecular formula is C15H15ClO3. The van der Waals surface area contributed by atoms with Gasteiger partial charge in [-0.1, -0.05) is 0 Å². The van der Waals surface area contributed by atoms with E-state index in [1.165, 1.54) is 6.07 Å². The lowest BCUT2D eigenvalue weighted by Gasteiger charge is -2.32. The van der Waals surface area contributed by atoms with E-state index < -0.39 is 0 Å². The molecule has 100 valence electrons. The second-order valence-electron chi connectivity index (χ2n) is 5.54. The lowest BCUT2D eigenvalue weighted by molar-refractivity contribution is 0.0848. The van der Waals surface area contributed by atoms with Crippen LogP contribution >= 0.6 is 11.6 Å². The van der Waals surface area contributed by atoms with Gasteiger partial charge in [-0.05, 0) is 43.9 Å². The average Bonchev–Trinajstić information content (AvgIpc) is 2.34. The highest BCUT2D eigenvalue weighted by molar-refractivity contribution is 6.17. The van der Waals surface area contributed by atoms with Gasteiger partial charge >= 0.3 is 5.63 Å². The molecule has 1 aromatic carbocycles. The van der Waals surface area contributed by atoms with Gasteiger partial charge in [-0.3, -0.25) is 0 Å². The van der Waals surface area contributed by atoms with E-state index >= 15 is 0 Å². The van der Waals surface area contributed by atoms with Crippen molar-refractivity contribution in [1.82, 2.24) is 0 Å². The van der Waals surface area contributed by atoms with Crippen LogP contribution in [0.5, 0.6) is 5.75 Å². The third-order valence-corrected chi connectivity index (χ3v) is 3.83. The topological polar surface area (TPSA) is 39.4 Å². The zero-order valence-corrected chi connectivity index (χ0v) is 11.7. The smallest absolute Gasteiger partial charge is 0.336 e. The minimum absolute atomic E-state index is 0.176. The summed E-state index contributed by atoms with van der Waals surface area (Å²) in [6.45, 7) is 4.12. The summed E-state index contributed by atoms with van der Waals surface area (Å²) in [5, 5.41) is 0.900. The number of ether oxygens (including phenoxy) is 1. The Balaban J connectivity index is 2.24. The van der Waals surface area contributed by atoms with Crippen molar-refractivity contribution in [3.8, 4) is 5.75 Å². The van der Waals surface area contributed by atoms with Crippen LogP contribution in [0, 0.1) is 0 Å². The van der Waals surface area contributed by atoms with Crippen LogP contribution in [0.15, 0.2) is 27.4 Å². The lowest BCUT2D eigenvalue weighted by atomic mass is 9.93. The SMILES string of the molecule is CC1(C)CCc2cc3c(CCl)cc(=O)oc3cc2O1. The largest absolute Gasteiger partial charge is 0.487 e. The molecule has 3 nitrogen and oxygen atoms in total. The third kappa shape index (κ3) is 2.23. The molecule has 0 amide bonds. The molecule has 2 aromatic rings. The molecule has 0 aliphatic carbocycles. The molecular weight excluding hydrogens is 264 g/mol. The molecule has 0 saturated carbocycles. The number of rotatable bonds is 1. The molecule has 0 fully saturated rings. The normalized spacial score (nSPS) is 17.0. The Bertz CT molecular complexity index is 700. The molecule has 0 bridgehead atoms. The van der Waals surface area contributed by atoms with Crippen molar-refractivity contribution in [2.24, 2.45) is 0 Å². The monoisotopic (exact) mass is 278 g/mol. The van der Waals surface area contributed by atoms with E-state index in [1.54, 1.807) is 0 Å². The van der Waals surface area contributed by atoms with Gasteiger partial charge in [0.15, 0.2) is 0 Å². The van der Waals surface area contributed by atoms with E-state index in [1.807, 2.05) is 12.1 Å². The second kappa shape index (κ2) is 4.27. The summed E-state index contributed by atoms with van der Waals surface area (Å²) in [7, 11) is 0. The molecule has 1 aliphatic heterocycles. The van der Waals surface area contributed by atoms with Crippen molar-refractivity contribution in [3.05, 3.63) is 39.7 Å². The summed E-state index contributed by atoms with van der Waals surface area (Å²) in [5.74, 6) is 1.10. The highest BCUT2D eigenvalue weighted by atomic mass is 35.5. The number of alkyl halides is 1. The van der Waals surface area contributed by atoms with Gasteiger partial charge in [-0.15, -0.1) is 11.6 Å². The van der Waals surface area contributed by atoms with Gasteiger partial charge in [0.1, 0.15) is 16.9 Å². The molecule has 1 aliphatic rings. The maximum absolute atomic E-state index is 11.5. The van der Waals surface area contributed by atoms with E-state index in [4.69, 9.17) is 20.8 Å². The first-order valence-electron chi connectivity index (χ1n) is 6.33. The van der Waals surface area contributed by atoms with Crippen molar-refractivity contribution in [1.29, 1.82) is 0 Å². The number of hydrogen-bond acceptors (Lipinski definition) is 3. The zero-order valence-electron chi connectivity index (χ0n) is 11.0. The van der Waals surface area contributed by atoms with Crippen molar-refractivity contribution in [2.75, 3.05) is 0 Å². The van der Waals surface area contributed by atoms with Gasteiger partial charge in [-0.25, -0.2) is 4.79 Å². The Kier molecular flexibility index (Phi) is 2.82. The molecule has 0 radical (unpaired) electrons. The summed E-state index contributed by atoms with van der Waals surface area (Å²) in [6, 6.07) is 5.29.